The van der Waals surface area contributed by atoms with E-state index < -0.39 is 0 Å². The van der Waals surface area contributed by atoms with Crippen molar-refractivity contribution in [1.29, 1.82) is 0 Å². The Hall–Kier alpha value is -0.760. The van der Waals surface area contributed by atoms with Gasteiger partial charge in [-0.3, -0.25) is 0 Å². The molecule has 0 spiro atoms. The summed E-state index contributed by atoms with van der Waals surface area (Å²) in [6.45, 7) is 2.31. The van der Waals surface area contributed by atoms with E-state index >= 15 is 0 Å². The minimum Gasteiger partial charge on any atom is -0.388 e. The SMILES string of the molecule is CC1(n2ccc3c2CCCC3O)CC1. The number of aliphatic hydroxyl groups excluding tert-OH is 1. The molecular formula is C12H17NO. The maximum Gasteiger partial charge on any atom is 0.0807 e. The highest BCUT2D eigenvalue weighted by atomic mass is 16.3. The normalized spacial score (nSPS) is 28.6. The van der Waals surface area contributed by atoms with Gasteiger partial charge in [0.05, 0.1) is 6.10 Å². The van der Waals surface area contributed by atoms with Crippen molar-refractivity contribution in [3.8, 4) is 0 Å². The highest BCUT2D eigenvalue weighted by Crippen LogP contribution is 2.46. The van der Waals surface area contributed by atoms with Crippen molar-refractivity contribution in [2.45, 2.75) is 50.7 Å². The number of aromatic nitrogens is 1. The lowest BCUT2D eigenvalue weighted by Gasteiger charge is -2.23. The first kappa shape index (κ1) is 8.54. The highest BCUT2D eigenvalue weighted by Gasteiger charge is 2.41. The summed E-state index contributed by atoms with van der Waals surface area (Å²) < 4.78 is 2.41. The molecule has 1 heterocycles. The van der Waals surface area contributed by atoms with Crippen LogP contribution in [0.2, 0.25) is 0 Å². The maximum atomic E-state index is 9.85. The minimum atomic E-state index is -0.206. The first-order chi connectivity index (χ1) is 6.71. The molecule has 3 rings (SSSR count). The molecule has 0 bridgehead atoms. The van der Waals surface area contributed by atoms with Gasteiger partial charge in [-0.2, -0.15) is 0 Å². The second-order valence-corrected chi connectivity index (χ2v) is 4.99. The Kier molecular flexibility index (Phi) is 1.61. The third kappa shape index (κ3) is 1.07. The van der Waals surface area contributed by atoms with Crippen LogP contribution < -0.4 is 0 Å². The molecule has 1 saturated carbocycles. The zero-order chi connectivity index (χ0) is 9.76. The van der Waals surface area contributed by atoms with Gasteiger partial charge < -0.3 is 9.67 Å². The van der Waals surface area contributed by atoms with Crippen molar-refractivity contribution in [1.82, 2.24) is 4.57 Å². The zero-order valence-corrected chi connectivity index (χ0v) is 8.66. The van der Waals surface area contributed by atoms with Gasteiger partial charge in [-0.05, 0) is 45.1 Å². The summed E-state index contributed by atoms with van der Waals surface area (Å²) in [5.41, 5.74) is 2.96. The monoisotopic (exact) mass is 191 g/mol. The summed E-state index contributed by atoms with van der Waals surface area (Å²) in [6.07, 6.45) is 7.78. The first-order valence-corrected chi connectivity index (χ1v) is 5.59. The van der Waals surface area contributed by atoms with E-state index in [9.17, 15) is 5.11 Å². The summed E-state index contributed by atoms with van der Waals surface area (Å²) in [6, 6.07) is 2.11. The molecule has 1 unspecified atom stereocenters. The van der Waals surface area contributed by atoms with Crippen LogP contribution in [0.1, 0.15) is 50.0 Å². The molecule has 1 aromatic heterocycles. The summed E-state index contributed by atoms with van der Waals surface area (Å²) in [5, 5.41) is 9.85. The van der Waals surface area contributed by atoms with E-state index in [1.54, 1.807) is 0 Å². The fourth-order valence-corrected chi connectivity index (χ4v) is 2.59. The first-order valence-electron chi connectivity index (χ1n) is 5.59. The van der Waals surface area contributed by atoms with Gasteiger partial charge in [0, 0.05) is 23.0 Å². The minimum absolute atomic E-state index is 0.206. The molecule has 2 aliphatic rings. The second kappa shape index (κ2) is 2.63. The van der Waals surface area contributed by atoms with Gasteiger partial charge in [-0.1, -0.05) is 0 Å². The summed E-state index contributed by atoms with van der Waals surface area (Å²) >= 11 is 0. The fraction of sp³-hybridized carbons (Fsp3) is 0.667. The van der Waals surface area contributed by atoms with Gasteiger partial charge in [0.1, 0.15) is 0 Å². The third-order valence-electron chi connectivity index (χ3n) is 3.83. The molecule has 0 amide bonds. The summed E-state index contributed by atoms with van der Waals surface area (Å²) in [7, 11) is 0. The molecule has 1 fully saturated rings. The van der Waals surface area contributed by atoms with E-state index in [0.29, 0.717) is 5.54 Å². The number of nitrogens with zero attached hydrogens (tertiary/aromatic N) is 1. The number of hydrogen-bond donors (Lipinski definition) is 1. The molecule has 1 atom stereocenters. The highest BCUT2D eigenvalue weighted by molar-refractivity contribution is 5.29. The molecule has 0 aromatic carbocycles. The molecule has 1 aromatic rings. The third-order valence-corrected chi connectivity index (χ3v) is 3.83. The molecular weight excluding hydrogens is 174 g/mol. The average Bonchev–Trinajstić information content (AvgIpc) is 2.77. The molecule has 0 aliphatic heterocycles. The standard InChI is InChI=1S/C12H17NO/c1-12(6-7-12)13-8-5-9-10(13)3-2-4-11(9)14/h5,8,11,14H,2-4,6-7H2,1H3. The molecule has 14 heavy (non-hydrogen) atoms. The van der Waals surface area contributed by atoms with E-state index in [0.717, 1.165) is 19.3 Å². The van der Waals surface area contributed by atoms with Crippen LogP contribution in [0.25, 0.3) is 0 Å². The Bertz CT molecular complexity index is 362. The van der Waals surface area contributed by atoms with E-state index in [4.69, 9.17) is 0 Å². The predicted octanol–water partition coefficient (Wildman–Crippen LogP) is 2.37. The zero-order valence-electron chi connectivity index (χ0n) is 8.66. The van der Waals surface area contributed by atoms with Crippen LogP contribution >= 0.6 is 0 Å². The second-order valence-electron chi connectivity index (χ2n) is 4.99. The van der Waals surface area contributed by atoms with Crippen LogP contribution in [0.15, 0.2) is 12.3 Å². The molecule has 2 aliphatic carbocycles. The van der Waals surface area contributed by atoms with Crippen LogP contribution in [-0.2, 0) is 12.0 Å². The fourth-order valence-electron chi connectivity index (χ4n) is 2.59. The Morgan fingerprint density at radius 1 is 1.50 bits per heavy atom. The van der Waals surface area contributed by atoms with Gasteiger partial charge >= 0.3 is 0 Å². The van der Waals surface area contributed by atoms with Crippen molar-refractivity contribution in [3.05, 3.63) is 23.5 Å². The van der Waals surface area contributed by atoms with Crippen molar-refractivity contribution in [2.75, 3.05) is 0 Å². The van der Waals surface area contributed by atoms with Crippen LogP contribution in [-0.4, -0.2) is 9.67 Å². The lowest BCUT2D eigenvalue weighted by atomic mass is 9.95. The van der Waals surface area contributed by atoms with E-state index in [1.165, 1.54) is 24.1 Å². The lowest BCUT2D eigenvalue weighted by Crippen LogP contribution is -2.18. The van der Waals surface area contributed by atoms with Crippen LogP contribution in [0.3, 0.4) is 0 Å². The molecule has 0 saturated heterocycles. The summed E-state index contributed by atoms with van der Waals surface area (Å²) in [4.78, 5) is 0. The van der Waals surface area contributed by atoms with Gasteiger partial charge in [0.25, 0.3) is 0 Å². The molecule has 2 nitrogen and oxygen atoms in total. The van der Waals surface area contributed by atoms with Crippen molar-refractivity contribution >= 4 is 0 Å². The Balaban J connectivity index is 2.07. The molecule has 76 valence electrons. The van der Waals surface area contributed by atoms with Crippen molar-refractivity contribution in [2.24, 2.45) is 0 Å². The van der Waals surface area contributed by atoms with Crippen LogP contribution in [0.4, 0.5) is 0 Å². The molecule has 0 radical (unpaired) electrons. The van der Waals surface area contributed by atoms with Crippen LogP contribution in [0.5, 0.6) is 0 Å². The molecule has 2 heteroatoms. The summed E-state index contributed by atoms with van der Waals surface area (Å²) in [5.74, 6) is 0. The average molecular weight is 191 g/mol. The number of fused-ring (bicyclic) bond motifs is 1. The lowest BCUT2D eigenvalue weighted by molar-refractivity contribution is 0.155. The van der Waals surface area contributed by atoms with Crippen molar-refractivity contribution in [3.63, 3.8) is 0 Å². The van der Waals surface area contributed by atoms with Gasteiger partial charge in [0.2, 0.25) is 0 Å². The van der Waals surface area contributed by atoms with E-state index in [-0.39, 0.29) is 6.10 Å². The number of hydrogen-bond acceptors (Lipinski definition) is 1. The molecule has 1 N–H and O–H groups in total. The Morgan fingerprint density at radius 3 is 3.00 bits per heavy atom. The smallest absolute Gasteiger partial charge is 0.0807 e. The Labute approximate surface area is 84.6 Å². The van der Waals surface area contributed by atoms with Crippen LogP contribution in [0, 0.1) is 0 Å². The Morgan fingerprint density at radius 2 is 2.29 bits per heavy atom. The maximum absolute atomic E-state index is 9.85. The van der Waals surface area contributed by atoms with Gasteiger partial charge in [-0.25, -0.2) is 0 Å². The largest absolute Gasteiger partial charge is 0.388 e. The number of aliphatic hydroxyl groups is 1. The van der Waals surface area contributed by atoms with Gasteiger partial charge in [-0.15, -0.1) is 0 Å². The van der Waals surface area contributed by atoms with Crippen molar-refractivity contribution < 1.29 is 5.11 Å². The topological polar surface area (TPSA) is 25.2 Å². The predicted molar refractivity (Wildman–Crippen MR) is 55.2 cm³/mol. The van der Waals surface area contributed by atoms with Gasteiger partial charge in [0.15, 0.2) is 0 Å². The van der Waals surface area contributed by atoms with E-state index in [1.807, 2.05) is 0 Å². The van der Waals surface area contributed by atoms with E-state index in [2.05, 4.69) is 23.8 Å². The quantitative estimate of drug-likeness (QED) is 0.724. The number of rotatable bonds is 1.